The molecule has 1 aliphatic rings. The molecule has 138 valence electrons. The monoisotopic (exact) mass is 373 g/mol. The fourth-order valence-electron chi connectivity index (χ4n) is 3.20. The summed E-state index contributed by atoms with van der Waals surface area (Å²) < 4.78 is 5.13. The summed E-state index contributed by atoms with van der Waals surface area (Å²) in [6, 6.07) is 11.4. The predicted octanol–water partition coefficient (Wildman–Crippen LogP) is 4.49. The summed E-state index contributed by atoms with van der Waals surface area (Å²) in [5, 5.41) is 9.89. The number of Topliss-reactive ketones (excluding diaryl/α,β-unsaturated/α-hetero) is 1. The molecule has 0 aromatic heterocycles. The second kappa shape index (κ2) is 8.28. The molecule has 0 amide bonds. The van der Waals surface area contributed by atoms with Gasteiger partial charge in [-0.15, -0.1) is 12.4 Å². The van der Waals surface area contributed by atoms with Crippen molar-refractivity contribution in [3.63, 3.8) is 0 Å². The highest BCUT2D eigenvalue weighted by molar-refractivity contribution is 6.15. The van der Waals surface area contributed by atoms with Crippen LogP contribution in [0.3, 0.4) is 0 Å². The number of aromatic hydroxyl groups is 1. The number of nitrogens with zero attached hydrogens (tertiary/aromatic N) is 1. The summed E-state index contributed by atoms with van der Waals surface area (Å²) in [7, 11) is 3.58. The number of methoxy groups -OCH3 is 1. The molecule has 0 unspecified atom stereocenters. The van der Waals surface area contributed by atoms with E-state index < -0.39 is 0 Å². The maximum atomic E-state index is 12.6. The van der Waals surface area contributed by atoms with Crippen LogP contribution < -0.4 is 9.64 Å². The standard InChI is InChI=1S/C21H23NO3.ClH/c1-4-9-22(2)17-7-5-14(6-8-17)10-16-11-15-12-20(25-3)19(23)13-18(15)21(16)24;/h5-8,10,12-13,23H,4,9,11H2,1-3H3;1H/b16-10+;. The smallest absolute Gasteiger partial charge is 0.189 e. The largest absolute Gasteiger partial charge is 0.504 e. The highest BCUT2D eigenvalue weighted by Crippen LogP contribution is 2.36. The number of rotatable bonds is 5. The number of fused-ring (bicyclic) bond motifs is 1. The number of anilines is 1. The molecular weight excluding hydrogens is 350 g/mol. The first kappa shape index (κ1) is 19.9. The van der Waals surface area contributed by atoms with E-state index in [1.165, 1.54) is 18.9 Å². The van der Waals surface area contributed by atoms with E-state index in [4.69, 9.17) is 4.74 Å². The maximum Gasteiger partial charge on any atom is 0.189 e. The topological polar surface area (TPSA) is 49.8 Å². The van der Waals surface area contributed by atoms with Gasteiger partial charge in [-0.25, -0.2) is 0 Å². The van der Waals surface area contributed by atoms with E-state index in [1.54, 1.807) is 6.07 Å². The van der Waals surface area contributed by atoms with E-state index in [-0.39, 0.29) is 23.9 Å². The molecule has 1 N–H and O–H groups in total. The Balaban J connectivity index is 0.00000243. The van der Waals surface area contributed by atoms with E-state index in [0.717, 1.165) is 29.7 Å². The number of phenolic OH excluding ortho intramolecular Hbond substituents is 1. The van der Waals surface area contributed by atoms with Crippen LogP contribution in [-0.2, 0) is 6.42 Å². The average Bonchev–Trinajstić information content (AvgIpc) is 2.90. The third-order valence-corrected chi connectivity index (χ3v) is 4.56. The van der Waals surface area contributed by atoms with Gasteiger partial charge >= 0.3 is 0 Å². The lowest BCUT2D eigenvalue weighted by Crippen LogP contribution is -2.17. The van der Waals surface area contributed by atoms with Crippen LogP contribution >= 0.6 is 12.4 Å². The molecule has 0 atom stereocenters. The van der Waals surface area contributed by atoms with Gasteiger partial charge in [0.05, 0.1) is 7.11 Å². The van der Waals surface area contributed by atoms with Crippen LogP contribution in [0, 0.1) is 0 Å². The van der Waals surface area contributed by atoms with Crippen LogP contribution in [0.2, 0.25) is 0 Å². The molecule has 0 bridgehead atoms. The average molecular weight is 374 g/mol. The number of benzene rings is 2. The fraction of sp³-hybridized carbons (Fsp3) is 0.286. The third-order valence-electron chi connectivity index (χ3n) is 4.56. The second-order valence-corrected chi connectivity index (χ2v) is 6.37. The van der Waals surface area contributed by atoms with Crippen molar-refractivity contribution in [3.8, 4) is 11.5 Å². The zero-order chi connectivity index (χ0) is 18.0. The molecule has 0 saturated carbocycles. The zero-order valence-electron chi connectivity index (χ0n) is 15.3. The summed E-state index contributed by atoms with van der Waals surface area (Å²) >= 11 is 0. The Labute approximate surface area is 160 Å². The molecule has 0 saturated heterocycles. The number of carbonyl (C=O) groups excluding carboxylic acids is 1. The van der Waals surface area contributed by atoms with Crippen molar-refractivity contribution in [1.29, 1.82) is 0 Å². The van der Waals surface area contributed by atoms with Crippen LogP contribution in [0.5, 0.6) is 11.5 Å². The van der Waals surface area contributed by atoms with Crippen LogP contribution in [0.25, 0.3) is 6.08 Å². The highest BCUT2D eigenvalue weighted by atomic mass is 35.5. The van der Waals surface area contributed by atoms with Crippen molar-refractivity contribution in [3.05, 3.63) is 58.7 Å². The van der Waals surface area contributed by atoms with Crippen molar-refractivity contribution >= 4 is 30.0 Å². The molecule has 1 aliphatic carbocycles. The lowest BCUT2D eigenvalue weighted by Gasteiger charge is -2.18. The van der Waals surface area contributed by atoms with Gasteiger partial charge in [0.2, 0.25) is 0 Å². The van der Waals surface area contributed by atoms with Crippen LogP contribution in [-0.4, -0.2) is 31.6 Å². The van der Waals surface area contributed by atoms with Gasteiger partial charge in [0.15, 0.2) is 17.3 Å². The molecule has 0 fully saturated rings. The Morgan fingerprint density at radius 1 is 1.23 bits per heavy atom. The maximum absolute atomic E-state index is 12.6. The van der Waals surface area contributed by atoms with Crippen LogP contribution in [0.15, 0.2) is 42.0 Å². The molecule has 3 rings (SSSR count). The molecule has 2 aromatic carbocycles. The Hall–Kier alpha value is -2.46. The van der Waals surface area contributed by atoms with Gasteiger partial charge in [0, 0.05) is 36.8 Å². The van der Waals surface area contributed by atoms with Gasteiger partial charge in [-0.1, -0.05) is 19.1 Å². The lowest BCUT2D eigenvalue weighted by atomic mass is 10.1. The van der Waals surface area contributed by atoms with Crippen molar-refractivity contribution in [2.45, 2.75) is 19.8 Å². The van der Waals surface area contributed by atoms with Gasteiger partial charge in [-0.05, 0) is 47.9 Å². The SMILES string of the molecule is CCCN(C)c1ccc(/C=C2\Cc3cc(OC)c(O)cc3C2=O)cc1.Cl. The Kier molecular flexibility index (Phi) is 6.32. The first-order chi connectivity index (χ1) is 12.0. The van der Waals surface area contributed by atoms with Gasteiger partial charge in [-0.2, -0.15) is 0 Å². The Morgan fingerprint density at radius 3 is 2.54 bits per heavy atom. The minimum Gasteiger partial charge on any atom is -0.504 e. The minimum atomic E-state index is -0.0277. The number of carbonyl (C=O) groups is 1. The molecule has 0 spiro atoms. The van der Waals surface area contributed by atoms with Gasteiger partial charge < -0.3 is 14.7 Å². The van der Waals surface area contributed by atoms with Gasteiger partial charge in [-0.3, -0.25) is 4.79 Å². The van der Waals surface area contributed by atoms with Gasteiger partial charge in [0.25, 0.3) is 0 Å². The van der Waals surface area contributed by atoms with Crippen molar-refractivity contribution in [1.82, 2.24) is 0 Å². The summed E-state index contributed by atoms with van der Waals surface area (Å²) in [5.41, 5.74) is 4.35. The Bertz CT molecular complexity index is 828. The summed E-state index contributed by atoms with van der Waals surface area (Å²) in [6.07, 6.45) is 3.59. The van der Waals surface area contributed by atoms with Crippen LogP contribution in [0.1, 0.15) is 34.8 Å². The van der Waals surface area contributed by atoms with Crippen molar-refractivity contribution in [2.24, 2.45) is 0 Å². The van der Waals surface area contributed by atoms with E-state index >= 15 is 0 Å². The number of allylic oxidation sites excluding steroid dienone is 1. The molecular formula is C21H24ClNO3. The first-order valence-corrected chi connectivity index (χ1v) is 8.49. The molecule has 0 heterocycles. The number of ether oxygens (including phenoxy) is 1. The van der Waals surface area contributed by atoms with E-state index in [2.05, 4.69) is 31.0 Å². The van der Waals surface area contributed by atoms with Gasteiger partial charge in [0.1, 0.15) is 0 Å². The predicted molar refractivity (Wildman–Crippen MR) is 108 cm³/mol. The van der Waals surface area contributed by atoms with E-state index in [1.807, 2.05) is 18.2 Å². The molecule has 5 heteroatoms. The quantitative estimate of drug-likeness (QED) is 0.784. The molecule has 0 aliphatic heterocycles. The summed E-state index contributed by atoms with van der Waals surface area (Å²) in [6.45, 7) is 3.17. The number of ketones is 1. The highest BCUT2D eigenvalue weighted by Gasteiger charge is 2.26. The van der Waals surface area contributed by atoms with E-state index in [9.17, 15) is 9.90 Å². The molecule has 0 radical (unpaired) electrons. The zero-order valence-corrected chi connectivity index (χ0v) is 16.1. The van der Waals surface area contributed by atoms with Crippen molar-refractivity contribution < 1.29 is 14.6 Å². The summed E-state index contributed by atoms with van der Waals surface area (Å²) in [5.74, 6) is 0.371. The number of hydrogen-bond donors (Lipinski definition) is 1. The second-order valence-electron chi connectivity index (χ2n) is 6.37. The summed E-state index contributed by atoms with van der Waals surface area (Å²) in [4.78, 5) is 14.8. The van der Waals surface area contributed by atoms with Crippen LogP contribution in [0.4, 0.5) is 5.69 Å². The minimum absolute atomic E-state index is 0. The Morgan fingerprint density at radius 2 is 1.92 bits per heavy atom. The lowest BCUT2D eigenvalue weighted by molar-refractivity contribution is 0.104. The van der Waals surface area contributed by atoms with E-state index in [0.29, 0.717) is 17.7 Å². The molecule has 2 aromatic rings. The fourth-order valence-corrected chi connectivity index (χ4v) is 3.20. The number of hydrogen-bond acceptors (Lipinski definition) is 4. The number of phenols is 1. The number of halogens is 1. The molecule has 26 heavy (non-hydrogen) atoms. The first-order valence-electron chi connectivity index (χ1n) is 8.49. The van der Waals surface area contributed by atoms with Crippen molar-refractivity contribution in [2.75, 3.05) is 25.6 Å². The normalized spacial score (nSPS) is 14.1. The molecule has 4 nitrogen and oxygen atoms in total. The third kappa shape index (κ3) is 3.86.